The Bertz CT molecular complexity index is 572. The van der Waals surface area contributed by atoms with Crippen molar-refractivity contribution in [3.63, 3.8) is 0 Å². The second-order valence-corrected chi connectivity index (χ2v) is 3.58. The summed E-state index contributed by atoms with van der Waals surface area (Å²) in [4.78, 5) is 11.0. The van der Waals surface area contributed by atoms with Crippen LogP contribution in [-0.2, 0) is 7.05 Å². The van der Waals surface area contributed by atoms with Crippen LogP contribution in [0, 0.1) is 6.92 Å². The average molecular weight is 220 g/mol. The van der Waals surface area contributed by atoms with Crippen molar-refractivity contribution >= 4 is 16.9 Å². The van der Waals surface area contributed by atoms with Crippen LogP contribution in [0.5, 0.6) is 5.75 Å². The summed E-state index contributed by atoms with van der Waals surface area (Å²) >= 11 is 0. The molecule has 0 bridgehead atoms. The molecule has 16 heavy (non-hydrogen) atoms. The van der Waals surface area contributed by atoms with Gasteiger partial charge >= 0.3 is 5.97 Å². The standard InChI is InChI=1S/C11H12N2O3/c1-6-7-5-10(16-3)8(11(14)15)4-9(7)13(2)12-6/h4-5H,1-3H3,(H,14,15). The lowest BCUT2D eigenvalue weighted by Gasteiger charge is -2.05. The molecule has 0 saturated heterocycles. The number of aryl methyl sites for hydroxylation is 2. The lowest BCUT2D eigenvalue weighted by molar-refractivity contribution is 0.0693. The first kappa shape index (κ1) is 10.5. The first-order valence-electron chi connectivity index (χ1n) is 4.79. The van der Waals surface area contributed by atoms with Gasteiger partial charge < -0.3 is 9.84 Å². The van der Waals surface area contributed by atoms with Crippen molar-refractivity contribution in [3.05, 3.63) is 23.4 Å². The summed E-state index contributed by atoms with van der Waals surface area (Å²) in [5, 5.41) is 14.2. The van der Waals surface area contributed by atoms with Crippen LogP contribution < -0.4 is 4.74 Å². The Kier molecular flexibility index (Phi) is 2.30. The molecule has 0 atom stereocenters. The van der Waals surface area contributed by atoms with Gasteiger partial charge in [0, 0.05) is 12.4 Å². The van der Waals surface area contributed by atoms with Crippen molar-refractivity contribution in [1.29, 1.82) is 0 Å². The predicted octanol–water partition coefficient (Wildman–Crippen LogP) is 1.59. The highest BCUT2D eigenvalue weighted by atomic mass is 16.5. The molecule has 84 valence electrons. The molecular weight excluding hydrogens is 208 g/mol. The number of aromatic nitrogens is 2. The number of rotatable bonds is 2. The summed E-state index contributed by atoms with van der Waals surface area (Å²) in [5.41, 5.74) is 1.79. The first-order chi connectivity index (χ1) is 7.54. The van der Waals surface area contributed by atoms with Crippen LogP contribution in [0.3, 0.4) is 0 Å². The Labute approximate surface area is 92.2 Å². The number of carboxylic acids is 1. The number of carbonyl (C=O) groups is 1. The minimum absolute atomic E-state index is 0.151. The van der Waals surface area contributed by atoms with Crippen molar-refractivity contribution in [2.75, 3.05) is 7.11 Å². The predicted molar refractivity (Wildman–Crippen MR) is 59.0 cm³/mol. The van der Waals surface area contributed by atoms with E-state index in [-0.39, 0.29) is 5.56 Å². The third kappa shape index (κ3) is 1.41. The molecule has 0 aliphatic rings. The molecule has 0 radical (unpaired) electrons. The average Bonchev–Trinajstić information content (AvgIpc) is 2.52. The van der Waals surface area contributed by atoms with Crippen molar-refractivity contribution in [3.8, 4) is 5.75 Å². The SMILES string of the molecule is COc1cc2c(C)nn(C)c2cc1C(=O)O. The lowest BCUT2D eigenvalue weighted by atomic mass is 10.1. The highest BCUT2D eigenvalue weighted by molar-refractivity contribution is 5.97. The van der Waals surface area contributed by atoms with Gasteiger partial charge in [0.1, 0.15) is 11.3 Å². The van der Waals surface area contributed by atoms with Gasteiger partial charge in [0.25, 0.3) is 0 Å². The minimum atomic E-state index is -1.00. The lowest BCUT2D eigenvalue weighted by Crippen LogP contribution is -2.01. The molecule has 0 saturated carbocycles. The van der Waals surface area contributed by atoms with Crippen molar-refractivity contribution in [2.24, 2.45) is 7.05 Å². The van der Waals surface area contributed by atoms with Crippen LogP contribution >= 0.6 is 0 Å². The largest absolute Gasteiger partial charge is 0.496 e. The maximum Gasteiger partial charge on any atom is 0.339 e. The van der Waals surface area contributed by atoms with E-state index in [1.807, 2.05) is 6.92 Å². The van der Waals surface area contributed by atoms with Crippen LogP contribution in [-0.4, -0.2) is 28.0 Å². The number of aromatic carboxylic acids is 1. The highest BCUT2D eigenvalue weighted by Crippen LogP contribution is 2.27. The molecule has 1 heterocycles. The first-order valence-corrected chi connectivity index (χ1v) is 4.79. The van der Waals surface area contributed by atoms with E-state index >= 15 is 0 Å². The number of nitrogens with zero attached hydrogens (tertiary/aromatic N) is 2. The topological polar surface area (TPSA) is 64.4 Å². The third-order valence-corrected chi connectivity index (χ3v) is 2.59. The smallest absolute Gasteiger partial charge is 0.339 e. The second-order valence-electron chi connectivity index (χ2n) is 3.58. The second kappa shape index (κ2) is 3.52. The molecule has 0 spiro atoms. The van der Waals surface area contributed by atoms with Gasteiger partial charge in [0.05, 0.1) is 18.3 Å². The van der Waals surface area contributed by atoms with E-state index in [0.29, 0.717) is 5.75 Å². The number of ether oxygens (including phenoxy) is 1. The fraction of sp³-hybridized carbons (Fsp3) is 0.273. The van der Waals surface area contributed by atoms with Crippen LogP contribution in [0.2, 0.25) is 0 Å². The van der Waals surface area contributed by atoms with Gasteiger partial charge in [0.2, 0.25) is 0 Å². The van der Waals surface area contributed by atoms with E-state index in [1.165, 1.54) is 7.11 Å². The van der Waals surface area contributed by atoms with Crippen molar-refractivity contribution in [1.82, 2.24) is 9.78 Å². The number of carboxylic acid groups (broad SMARTS) is 1. The van der Waals surface area contributed by atoms with E-state index < -0.39 is 5.97 Å². The van der Waals surface area contributed by atoms with E-state index in [0.717, 1.165) is 16.6 Å². The molecule has 2 rings (SSSR count). The molecular formula is C11H12N2O3. The normalized spacial score (nSPS) is 10.7. The molecule has 1 N–H and O–H groups in total. The number of fused-ring (bicyclic) bond motifs is 1. The molecule has 5 heteroatoms. The molecule has 0 unspecified atom stereocenters. The third-order valence-electron chi connectivity index (χ3n) is 2.59. The molecule has 0 amide bonds. The molecule has 1 aromatic carbocycles. The quantitative estimate of drug-likeness (QED) is 0.834. The Balaban J connectivity index is 2.82. The molecule has 1 aromatic heterocycles. The van der Waals surface area contributed by atoms with Crippen molar-refractivity contribution < 1.29 is 14.6 Å². The van der Waals surface area contributed by atoms with Crippen LogP contribution in [0.1, 0.15) is 16.1 Å². The van der Waals surface area contributed by atoms with Crippen molar-refractivity contribution in [2.45, 2.75) is 6.92 Å². The van der Waals surface area contributed by atoms with Crippen LogP contribution in [0.4, 0.5) is 0 Å². The van der Waals surface area contributed by atoms with E-state index in [1.54, 1.807) is 23.9 Å². The summed E-state index contributed by atoms with van der Waals surface area (Å²) < 4.78 is 6.72. The molecule has 2 aromatic rings. The number of methoxy groups -OCH3 is 1. The van der Waals surface area contributed by atoms with E-state index in [4.69, 9.17) is 9.84 Å². The van der Waals surface area contributed by atoms with E-state index in [9.17, 15) is 4.79 Å². The summed E-state index contributed by atoms with van der Waals surface area (Å²) in [6.07, 6.45) is 0. The number of hydrogen-bond acceptors (Lipinski definition) is 3. The Morgan fingerprint density at radius 2 is 2.19 bits per heavy atom. The summed E-state index contributed by atoms with van der Waals surface area (Å²) in [6.45, 7) is 1.88. The summed E-state index contributed by atoms with van der Waals surface area (Å²) in [5.74, 6) is -0.645. The van der Waals surface area contributed by atoms with Gasteiger partial charge in [-0.3, -0.25) is 4.68 Å². The maximum atomic E-state index is 11.0. The molecule has 5 nitrogen and oxygen atoms in total. The Morgan fingerprint density at radius 3 is 2.75 bits per heavy atom. The summed E-state index contributed by atoms with van der Waals surface area (Å²) in [7, 11) is 3.24. The number of hydrogen-bond donors (Lipinski definition) is 1. The molecule has 0 aliphatic carbocycles. The highest BCUT2D eigenvalue weighted by Gasteiger charge is 2.15. The van der Waals surface area contributed by atoms with Gasteiger partial charge in [-0.25, -0.2) is 4.79 Å². The summed E-state index contributed by atoms with van der Waals surface area (Å²) in [6, 6.07) is 3.29. The van der Waals surface area contributed by atoms with Gasteiger partial charge in [-0.1, -0.05) is 0 Å². The maximum absolute atomic E-state index is 11.0. The van der Waals surface area contributed by atoms with Gasteiger partial charge in [-0.15, -0.1) is 0 Å². The zero-order valence-electron chi connectivity index (χ0n) is 9.31. The molecule has 0 fully saturated rings. The Hall–Kier alpha value is -2.04. The zero-order valence-corrected chi connectivity index (χ0v) is 9.31. The fourth-order valence-corrected chi connectivity index (χ4v) is 1.79. The molecule has 0 aliphatic heterocycles. The fourth-order valence-electron chi connectivity index (χ4n) is 1.79. The number of benzene rings is 1. The minimum Gasteiger partial charge on any atom is -0.496 e. The van der Waals surface area contributed by atoms with Crippen LogP contribution in [0.15, 0.2) is 12.1 Å². The van der Waals surface area contributed by atoms with Gasteiger partial charge in [-0.05, 0) is 19.1 Å². The van der Waals surface area contributed by atoms with Crippen LogP contribution in [0.25, 0.3) is 10.9 Å². The van der Waals surface area contributed by atoms with Gasteiger partial charge in [0.15, 0.2) is 0 Å². The van der Waals surface area contributed by atoms with E-state index in [2.05, 4.69) is 5.10 Å². The van der Waals surface area contributed by atoms with Gasteiger partial charge in [-0.2, -0.15) is 5.10 Å². The zero-order chi connectivity index (χ0) is 11.9. The monoisotopic (exact) mass is 220 g/mol. The Morgan fingerprint density at radius 1 is 1.50 bits per heavy atom.